The average Bonchev–Trinajstić information content (AvgIpc) is 2.24. The molecule has 1 unspecified atom stereocenters. The van der Waals surface area contributed by atoms with Crippen LogP contribution in [0.15, 0.2) is 0 Å². The molecule has 0 bridgehead atoms. The molecule has 0 fully saturated rings. The Morgan fingerprint density at radius 2 is 1.53 bits per heavy atom. The van der Waals surface area contributed by atoms with E-state index < -0.39 is 11.0 Å². The van der Waals surface area contributed by atoms with E-state index in [0.29, 0.717) is 5.75 Å². The van der Waals surface area contributed by atoms with E-state index in [1.165, 1.54) is 38.5 Å². The van der Waals surface area contributed by atoms with Gasteiger partial charge in [-0.15, -0.1) is 5.92 Å². The fourth-order valence-electron chi connectivity index (χ4n) is 1.66. The molecule has 15 heavy (non-hydrogen) atoms. The Balaban J connectivity index is 2.25. The van der Waals surface area contributed by atoms with E-state index >= 15 is 0 Å². The fraction of sp³-hybridized carbons (Fsp3) is 0.833. The maximum Gasteiger partial charge on any atom is 0.104 e. The fourth-order valence-corrected chi connectivity index (χ4v) is 2.37. The minimum Gasteiger partial charge on any atom is -0.242 e. The quantitative estimate of drug-likeness (QED) is 0.633. The second-order valence-electron chi connectivity index (χ2n) is 3.96. The summed E-state index contributed by atoms with van der Waals surface area (Å²) in [6.07, 6.45) is 9.88. The Hall–Kier alpha value is -0.330. The molecule has 0 aromatic rings. The smallest absolute Gasteiger partial charge is 0.104 e. The Morgan fingerprint density at radius 1 is 0.867 bits per heavy atom. The van der Waals surface area contributed by atoms with Crippen LogP contribution in [0.5, 0.6) is 0 Å². The Bertz CT molecular complexity index is 242. The van der Waals surface area contributed by atoms with Gasteiger partial charge in [-0.05, 0) is 12.8 Å². The van der Waals surface area contributed by atoms with E-state index in [9.17, 15) is 4.21 Å². The summed E-state index contributed by atoms with van der Waals surface area (Å²) in [4.78, 5) is 0. The molecule has 0 aromatic carbocycles. The monoisotopic (exact) mass is 227 g/mol. The first-order valence-corrected chi connectivity index (χ1v) is 7.29. The van der Waals surface area contributed by atoms with Crippen LogP contribution in [0, 0.1) is 11.8 Å². The molecule has 86 valence electrons. The second kappa shape index (κ2) is 8.94. The number of hydrogen-bond donors (Lipinski definition) is 1. The SMILES string of the molecule is O=S1CC#CCCCCCCCCCN1. The molecule has 1 heterocycles. The summed E-state index contributed by atoms with van der Waals surface area (Å²) in [5.41, 5.74) is 0. The lowest BCUT2D eigenvalue weighted by atomic mass is 10.1. The third-order valence-corrected chi connectivity index (χ3v) is 3.50. The summed E-state index contributed by atoms with van der Waals surface area (Å²) < 4.78 is 14.4. The summed E-state index contributed by atoms with van der Waals surface area (Å²) in [7, 11) is -0.935. The number of rotatable bonds is 0. The largest absolute Gasteiger partial charge is 0.242 e. The van der Waals surface area contributed by atoms with Crippen molar-refractivity contribution in [1.82, 2.24) is 4.72 Å². The van der Waals surface area contributed by atoms with Gasteiger partial charge >= 0.3 is 0 Å². The van der Waals surface area contributed by atoms with Crippen molar-refractivity contribution in [1.29, 1.82) is 0 Å². The number of hydrogen-bond acceptors (Lipinski definition) is 1. The van der Waals surface area contributed by atoms with Crippen LogP contribution in [0.2, 0.25) is 0 Å². The highest BCUT2D eigenvalue weighted by molar-refractivity contribution is 7.83. The zero-order valence-electron chi connectivity index (χ0n) is 9.39. The molecule has 0 saturated heterocycles. The highest BCUT2D eigenvalue weighted by Gasteiger charge is 1.97. The van der Waals surface area contributed by atoms with E-state index in [4.69, 9.17) is 0 Å². The van der Waals surface area contributed by atoms with Gasteiger partial charge in [0.2, 0.25) is 0 Å². The third-order valence-electron chi connectivity index (χ3n) is 2.57. The van der Waals surface area contributed by atoms with Gasteiger partial charge in [0, 0.05) is 13.0 Å². The maximum absolute atomic E-state index is 11.4. The first-order valence-electron chi connectivity index (χ1n) is 5.97. The minimum atomic E-state index is -0.935. The van der Waals surface area contributed by atoms with E-state index in [1.54, 1.807) is 0 Å². The van der Waals surface area contributed by atoms with Crippen molar-refractivity contribution in [3.63, 3.8) is 0 Å². The van der Waals surface area contributed by atoms with Gasteiger partial charge in [0.25, 0.3) is 0 Å². The Morgan fingerprint density at radius 3 is 2.33 bits per heavy atom. The summed E-state index contributed by atoms with van der Waals surface area (Å²) in [5, 5.41) is 0. The molecule has 1 aliphatic heterocycles. The zero-order valence-corrected chi connectivity index (χ0v) is 10.2. The molecule has 0 aromatic heterocycles. The second-order valence-corrected chi connectivity index (χ2v) is 5.23. The molecule has 0 saturated carbocycles. The molecule has 1 N–H and O–H groups in total. The number of nitrogens with one attached hydrogen (secondary N) is 1. The van der Waals surface area contributed by atoms with Crippen LogP contribution in [-0.2, 0) is 11.0 Å². The first kappa shape index (κ1) is 12.7. The van der Waals surface area contributed by atoms with Crippen LogP contribution in [0.1, 0.15) is 51.4 Å². The predicted molar refractivity (Wildman–Crippen MR) is 65.7 cm³/mol. The summed E-state index contributed by atoms with van der Waals surface area (Å²) in [5.74, 6) is 6.55. The molecular formula is C12H21NOS. The van der Waals surface area contributed by atoms with Crippen molar-refractivity contribution in [3.8, 4) is 11.8 Å². The van der Waals surface area contributed by atoms with Gasteiger partial charge in [-0.1, -0.05) is 38.0 Å². The molecule has 2 nitrogen and oxygen atoms in total. The Labute approximate surface area is 95.8 Å². The maximum atomic E-state index is 11.4. The molecule has 1 aliphatic rings. The predicted octanol–water partition coefficient (Wildman–Crippen LogP) is 2.38. The van der Waals surface area contributed by atoms with Crippen molar-refractivity contribution in [3.05, 3.63) is 0 Å². The molecule has 1 atom stereocenters. The third kappa shape index (κ3) is 7.58. The molecule has 0 spiro atoms. The zero-order chi connectivity index (χ0) is 10.8. The van der Waals surface area contributed by atoms with Crippen LogP contribution in [0.4, 0.5) is 0 Å². The van der Waals surface area contributed by atoms with Crippen LogP contribution in [0.25, 0.3) is 0 Å². The highest BCUT2D eigenvalue weighted by atomic mass is 32.2. The van der Waals surface area contributed by atoms with Gasteiger partial charge in [-0.3, -0.25) is 0 Å². The summed E-state index contributed by atoms with van der Waals surface area (Å²) >= 11 is 0. The topological polar surface area (TPSA) is 29.1 Å². The average molecular weight is 227 g/mol. The molecule has 0 amide bonds. The van der Waals surface area contributed by atoms with E-state index in [0.717, 1.165) is 19.4 Å². The van der Waals surface area contributed by atoms with E-state index in [2.05, 4.69) is 16.6 Å². The van der Waals surface area contributed by atoms with Gasteiger partial charge < -0.3 is 0 Å². The van der Waals surface area contributed by atoms with E-state index in [-0.39, 0.29) is 0 Å². The van der Waals surface area contributed by atoms with Gasteiger partial charge in [-0.25, -0.2) is 8.93 Å². The summed E-state index contributed by atoms with van der Waals surface area (Å²) in [6, 6.07) is 0. The van der Waals surface area contributed by atoms with Gasteiger partial charge in [-0.2, -0.15) is 0 Å². The lowest BCUT2D eigenvalue weighted by molar-refractivity contribution is 0.579. The first-order chi connectivity index (χ1) is 7.39. The minimum absolute atomic E-state index is 0.486. The van der Waals surface area contributed by atoms with Crippen molar-refractivity contribution >= 4 is 11.0 Å². The highest BCUT2D eigenvalue weighted by Crippen LogP contribution is 2.08. The van der Waals surface area contributed by atoms with Crippen LogP contribution in [-0.4, -0.2) is 16.5 Å². The van der Waals surface area contributed by atoms with Gasteiger partial charge in [0.05, 0.1) is 5.75 Å². The van der Waals surface area contributed by atoms with E-state index in [1.807, 2.05) is 0 Å². The Kier molecular flexibility index (Phi) is 7.59. The van der Waals surface area contributed by atoms with Crippen molar-refractivity contribution < 1.29 is 4.21 Å². The molecular weight excluding hydrogens is 206 g/mol. The standard InChI is InChI=1S/C12H21NOS/c14-15-12-10-8-6-4-2-1-3-5-7-9-11-13-15/h13H,1-7,9,11-12H2. The normalized spacial score (nSPS) is 26.0. The lowest BCUT2D eigenvalue weighted by Crippen LogP contribution is -2.20. The van der Waals surface area contributed by atoms with Crippen molar-refractivity contribution in [2.75, 3.05) is 12.3 Å². The van der Waals surface area contributed by atoms with Crippen molar-refractivity contribution in [2.24, 2.45) is 0 Å². The molecule has 3 heteroatoms. The van der Waals surface area contributed by atoms with Crippen LogP contribution in [0.3, 0.4) is 0 Å². The van der Waals surface area contributed by atoms with Crippen LogP contribution >= 0.6 is 0 Å². The van der Waals surface area contributed by atoms with Crippen LogP contribution < -0.4 is 4.72 Å². The molecule has 0 radical (unpaired) electrons. The molecule has 1 rings (SSSR count). The van der Waals surface area contributed by atoms with Gasteiger partial charge in [0.1, 0.15) is 11.0 Å². The van der Waals surface area contributed by atoms with Crippen molar-refractivity contribution in [2.45, 2.75) is 51.4 Å². The summed E-state index contributed by atoms with van der Waals surface area (Å²) in [6.45, 7) is 0.869. The van der Waals surface area contributed by atoms with Gasteiger partial charge in [0.15, 0.2) is 0 Å². The lowest BCUT2D eigenvalue weighted by Gasteiger charge is -2.03. The molecule has 0 aliphatic carbocycles.